The van der Waals surface area contributed by atoms with Crippen molar-refractivity contribution in [3.05, 3.63) is 0 Å². The molecular weight excluding hydrogens is 923 g/mol. The Labute approximate surface area is 411 Å². The van der Waals surface area contributed by atoms with Gasteiger partial charge in [-0.1, -0.05) is 84.0 Å². The molecule has 0 saturated heterocycles. The number of ketones is 1. The van der Waals surface area contributed by atoms with Crippen molar-refractivity contribution in [1.29, 1.82) is 0 Å². The summed E-state index contributed by atoms with van der Waals surface area (Å²) in [5, 5.41) is 49.5. The summed E-state index contributed by atoms with van der Waals surface area (Å²) in [6, 6.07) is -4.42. The second-order valence-corrected chi connectivity index (χ2v) is 16.8. The van der Waals surface area contributed by atoms with Crippen LogP contribution in [0.2, 0.25) is 0 Å². The van der Waals surface area contributed by atoms with Gasteiger partial charge in [-0.05, 0) is 32.1 Å². The topological polar surface area (TPSA) is 349 Å². The first kappa shape index (κ1) is 64.7. The van der Waals surface area contributed by atoms with Crippen molar-refractivity contribution in [1.82, 2.24) is 26.6 Å². The van der Waals surface area contributed by atoms with Crippen molar-refractivity contribution in [3.63, 3.8) is 0 Å². The van der Waals surface area contributed by atoms with Gasteiger partial charge in [-0.3, -0.25) is 33.6 Å². The Morgan fingerprint density at radius 2 is 0.700 bits per heavy atom. The molecule has 0 saturated carbocycles. The average Bonchev–Trinajstić information content (AvgIpc) is 3.31. The van der Waals surface area contributed by atoms with Gasteiger partial charge in [-0.15, -0.1) is 0 Å². The van der Waals surface area contributed by atoms with Crippen LogP contribution in [0.5, 0.6) is 0 Å². The van der Waals surface area contributed by atoms with Gasteiger partial charge in [-0.25, -0.2) is 14.4 Å². The van der Waals surface area contributed by atoms with E-state index in [0.717, 1.165) is 57.8 Å². The van der Waals surface area contributed by atoms with Crippen LogP contribution in [-0.4, -0.2) is 164 Å². The Morgan fingerprint density at radius 3 is 1.09 bits per heavy atom. The fourth-order valence-electron chi connectivity index (χ4n) is 6.64. The maximum Gasteiger partial charge on any atom is 0.326 e. The predicted molar refractivity (Wildman–Crippen MR) is 253 cm³/mol. The number of hydrogen-bond donors (Lipinski definition) is 9. The van der Waals surface area contributed by atoms with E-state index in [-0.39, 0.29) is 110 Å². The van der Waals surface area contributed by atoms with E-state index in [4.69, 9.17) is 24.1 Å². The molecule has 5 amide bonds. The Morgan fingerprint density at radius 1 is 0.371 bits per heavy atom. The molecule has 0 radical (unpaired) electrons. The summed E-state index contributed by atoms with van der Waals surface area (Å²) in [4.78, 5) is 119. The molecule has 0 aromatic carbocycles. The predicted octanol–water partition coefficient (Wildman–Crippen LogP) is 2.64. The van der Waals surface area contributed by atoms with Crippen LogP contribution in [-0.2, 0) is 66.9 Å². The average molecular weight is 1000 g/mol. The highest BCUT2D eigenvalue weighted by Gasteiger charge is 2.26. The molecule has 0 heterocycles. The molecule has 0 aliphatic rings. The van der Waals surface area contributed by atoms with E-state index in [1.807, 2.05) is 0 Å². The molecule has 0 aliphatic carbocycles. The van der Waals surface area contributed by atoms with E-state index in [2.05, 4.69) is 26.6 Å². The van der Waals surface area contributed by atoms with E-state index in [1.165, 1.54) is 25.7 Å². The number of carbonyl (C=O) groups excluding carboxylic acids is 6. The summed E-state index contributed by atoms with van der Waals surface area (Å²) in [5.41, 5.74) is 0. The number of carboxylic acid groups (broad SMARTS) is 4. The number of hydrogen-bond acceptors (Lipinski definition) is 14. The summed E-state index contributed by atoms with van der Waals surface area (Å²) in [5.74, 6) is -8.02. The van der Waals surface area contributed by atoms with Crippen LogP contribution < -0.4 is 26.6 Å². The normalized spacial score (nSPS) is 12.2. The molecular formula is C47H81N5O18. The van der Waals surface area contributed by atoms with Crippen LogP contribution in [0.1, 0.15) is 155 Å². The number of rotatable bonds is 49. The maximum atomic E-state index is 12.6. The highest BCUT2D eigenvalue weighted by molar-refractivity contribution is 5.87. The van der Waals surface area contributed by atoms with Gasteiger partial charge in [0.1, 0.15) is 31.3 Å². The maximum absolute atomic E-state index is 12.6. The summed E-state index contributed by atoms with van der Waals surface area (Å²) in [6.07, 6.45) is 12.8. The third kappa shape index (κ3) is 40.6. The number of carbonyl (C=O) groups is 10. The number of carboxylic acids is 4. The summed E-state index contributed by atoms with van der Waals surface area (Å²) < 4.78 is 21.0. The highest BCUT2D eigenvalue weighted by atomic mass is 16.5. The molecule has 0 aliphatic heterocycles. The first-order valence-electron chi connectivity index (χ1n) is 24.7. The minimum absolute atomic E-state index is 0.00362. The van der Waals surface area contributed by atoms with Crippen LogP contribution in [0.25, 0.3) is 0 Å². The second-order valence-electron chi connectivity index (χ2n) is 16.8. The van der Waals surface area contributed by atoms with Crippen molar-refractivity contribution >= 4 is 59.2 Å². The standard InChI is InChI=1S/C47H81N5O18/c1-2-35(53)33-69-31-29-68-28-26-49-43(58)34-70-32-30-67-27-25-48-39(54)22-19-36(45(61)62)51-41(56)24-21-38(47(65)66)52-42(57)23-20-37(46(63)64)50-40(55)17-15-13-11-9-7-5-3-4-6-8-10-12-14-16-18-44(59)60/h36-38H,2-34H2,1H3,(H,48,54)(H,49,58)(H,50,55)(H,51,56)(H,52,57)(H,59,60)(H,61,62)(H,63,64)(H,65,66)/t36-,37-,38-/m0/s1. The fourth-order valence-corrected chi connectivity index (χ4v) is 6.64. The highest BCUT2D eigenvalue weighted by Crippen LogP contribution is 2.14. The lowest BCUT2D eigenvalue weighted by atomic mass is 10.0. The van der Waals surface area contributed by atoms with Gasteiger partial charge in [0.05, 0.1) is 39.6 Å². The van der Waals surface area contributed by atoms with Gasteiger partial charge >= 0.3 is 23.9 Å². The quantitative estimate of drug-likeness (QED) is 0.0396. The van der Waals surface area contributed by atoms with Crippen molar-refractivity contribution < 1.29 is 87.3 Å². The van der Waals surface area contributed by atoms with Gasteiger partial charge in [-0.2, -0.15) is 0 Å². The first-order chi connectivity index (χ1) is 33.5. The van der Waals surface area contributed by atoms with E-state index in [0.29, 0.717) is 12.8 Å². The Balaban J connectivity index is 4.23. The molecule has 23 nitrogen and oxygen atoms in total. The molecule has 0 rings (SSSR count). The lowest BCUT2D eigenvalue weighted by molar-refractivity contribution is -0.144. The Bertz CT molecular complexity index is 1550. The van der Waals surface area contributed by atoms with E-state index >= 15 is 0 Å². The number of ether oxygens (including phenoxy) is 4. The largest absolute Gasteiger partial charge is 0.481 e. The monoisotopic (exact) mass is 1000 g/mol. The van der Waals surface area contributed by atoms with E-state index in [1.54, 1.807) is 6.92 Å². The van der Waals surface area contributed by atoms with E-state index < -0.39 is 84.9 Å². The molecule has 3 atom stereocenters. The number of Topliss-reactive ketones (excluding diaryl/α,β-unsaturated/α-hetero) is 1. The molecule has 0 unspecified atom stereocenters. The second kappa shape index (κ2) is 43.7. The fraction of sp³-hybridized carbons (Fsp3) is 0.787. The summed E-state index contributed by atoms with van der Waals surface area (Å²) in [7, 11) is 0. The molecule has 0 bridgehead atoms. The van der Waals surface area contributed by atoms with E-state index in [9.17, 15) is 63.3 Å². The number of aliphatic carboxylic acids is 4. The van der Waals surface area contributed by atoms with Crippen molar-refractivity contribution in [2.24, 2.45) is 0 Å². The van der Waals surface area contributed by atoms with Crippen molar-refractivity contribution in [3.8, 4) is 0 Å². The zero-order chi connectivity index (χ0) is 52.2. The molecule has 0 fully saturated rings. The first-order valence-corrected chi connectivity index (χ1v) is 24.7. The van der Waals surface area contributed by atoms with Crippen LogP contribution in [0, 0.1) is 0 Å². The Hall–Kier alpha value is -5.26. The number of unbranched alkanes of at least 4 members (excludes halogenated alkanes) is 13. The smallest absolute Gasteiger partial charge is 0.326 e. The van der Waals surface area contributed by atoms with Gasteiger partial charge in [0, 0.05) is 51.6 Å². The molecule has 23 heteroatoms. The number of nitrogens with one attached hydrogen (secondary N) is 5. The van der Waals surface area contributed by atoms with Crippen LogP contribution in [0.4, 0.5) is 0 Å². The van der Waals surface area contributed by atoms with Gasteiger partial charge in [0.15, 0.2) is 5.78 Å². The Kier molecular flexibility index (Phi) is 40.5. The molecule has 9 N–H and O–H groups in total. The van der Waals surface area contributed by atoms with Crippen LogP contribution in [0.15, 0.2) is 0 Å². The van der Waals surface area contributed by atoms with Gasteiger partial charge in [0.25, 0.3) is 0 Å². The molecule has 70 heavy (non-hydrogen) atoms. The molecule has 0 aromatic heterocycles. The minimum Gasteiger partial charge on any atom is -0.481 e. The van der Waals surface area contributed by atoms with Crippen molar-refractivity contribution in [2.45, 2.75) is 173 Å². The van der Waals surface area contributed by atoms with Gasteiger partial charge in [0.2, 0.25) is 29.5 Å². The number of amides is 5. The summed E-state index contributed by atoms with van der Waals surface area (Å²) in [6.45, 7) is 3.10. The molecule has 402 valence electrons. The SMILES string of the molecule is CCC(=O)COCCOCCNC(=O)COCCOCCNC(=O)CC[C@H](NC(=O)CC[C@H](NC(=O)CC[C@H](NC(=O)CCCCCCCCCCCCCCCCC(=O)O)C(=O)O)C(=O)O)C(=O)O. The van der Waals surface area contributed by atoms with Crippen LogP contribution >= 0.6 is 0 Å². The molecule has 0 aromatic rings. The third-order valence-electron chi connectivity index (χ3n) is 10.7. The van der Waals surface area contributed by atoms with Gasteiger partial charge < -0.3 is 66.0 Å². The zero-order valence-electron chi connectivity index (χ0n) is 41.1. The minimum atomic E-state index is -1.56. The third-order valence-corrected chi connectivity index (χ3v) is 10.7. The zero-order valence-corrected chi connectivity index (χ0v) is 41.1. The summed E-state index contributed by atoms with van der Waals surface area (Å²) >= 11 is 0. The lowest BCUT2D eigenvalue weighted by Crippen LogP contribution is -2.45. The molecule has 0 spiro atoms. The lowest BCUT2D eigenvalue weighted by Gasteiger charge is -2.18. The van der Waals surface area contributed by atoms with Crippen LogP contribution in [0.3, 0.4) is 0 Å². The van der Waals surface area contributed by atoms with Crippen molar-refractivity contribution in [2.75, 3.05) is 65.9 Å².